The smallest absolute Gasteiger partial charge is 0.148 e. The van der Waals surface area contributed by atoms with Crippen molar-refractivity contribution in [1.29, 1.82) is 0 Å². The van der Waals surface area contributed by atoms with Crippen molar-refractivity contribution in [3.8, 4) is 0 Å². The van der Waals surface area contributed by atoms with Crippen LogP contribution in [-0.4, -0.2) is 23.6 Å². The van der Waals surface area contributed by atoms with Crippen molar-refractivity contribution < 1.29 is 0 Å². The van der Waals surface area contributed by atoms with Crippen LogP contribution in [0.1, 0.15) is 0 Å². The Morgan fingerprint density at radius 2 is 1.44 bits per heavy atom. The van der Waals surface area contributed by atoms with Crippen LogP contribution in [0.3, 0.4) is 0 Å². The number of rotatable bonds is 2. The second-order valence-electron chi connectivity index (χ2n) is 7.58. The maximum absolute atomic E-state index is 4.53. The normalized spacial score (nSPS) is 12.3. The van der Waals surface area contributed by atoms with E-state index in [-0.39, 0.29) is 0 Å². The van der Waals surface area contributed by atoms with E-state index in [1.54, 1.807) is 0 Å². The Labute approximate surface area is 158 Å². The molecule has 0 amide bonds. The Morgan fingerprint density at radius 3 is 2.30 bits per heavy atom. The van der Waals surface area contributed by atoms with Crippen molar-refractivity contribution in [2.75, 3.05) is 14.1 Å². The average molecular weight is 352 g/mol. The van der Waals surface area contributed by atoms with Gasteiger partial charge in [0.25, 0.3) is 0 Å². The van der Waals surface area contributed by atoms with Gasteiger partial charge in [-0.15, -0.1) is 0 Å². The maximum Gasteiger partial charge on any atom is 0.148 e. The van der Waals surface area contributed by atoms with Crippen molar-refractivity contribution >= 4 is 44.1 Å². The molecule has 27 heavy (non-hydrogen) atoms. The van der Waals surface area contributed by atoms with Crippen molar-refractivity contribution in [2.45, 2.75) is 0 Å². The predicted molar refractivity (Wildman–Crippen MR) is 115 cm³/mol. The summed E-state index contributed by atoms with van der Waals surface area (Å²) in [5.41, 5.74) is 6.08. The molecule has 3 aromatic carbocycles. The molecule has 0 N–H and O–H groups in total. The first-order valence-electron chi connectivity index (χ1n) is 9.23. The third-order valence-corrected chi connectivity index (χ3v) is 5.77. The number of para-hydroxylation sites is 2. The molecule has 0 radical (unpaired) electrons. The Balaban J connectivity index is 1.78. The lowest BCUT2D eigenvalue weighted by Crippen LogP contribution is -2.34. The molecule has 0 saturated carbocycles. The summed E-state index contributed by atoms with van der Waals surface area (Å²) in [4.78, 5) is 4.53. The minimum Gasteiger partial charge on any atom is -0.344 e. The fourth-order valence-electron chi connectivity index (χ4n) is 4.21. The highest BCUT2D eigenvalue weighted by molar-refractivity contribution is 6.09. The molecule has 0 saturated heterocycles. The molecule has 2 heterocycles. The van der Waals surface area contributed by atoms with Gasteiger partial charge in [0.15, 0.2) is 0 Å². The zero-order valence-electron chi connectivity index (χ0n) is 15.8. The number of benzene rings is 3. The molecule has 5 rings (SSSR count). The highest BCUT2D eigenvalue weighted by Gasteiger charge is 2.26. The fraction of sp³-hybridized carbons (Fsp3) is 0.125. The number of pyridine rings is 1. The number of aromatic nitrogens is 2. The second-order valence-corrected chi connectivity index (χ2v) is 7.58. The van der Waals surface area contributed by atoms with E-state index >= 15 is 0 Å². The molecule has 0 aliphatic heterocycles. The lowest BCUT2D eigenvalue weighted by atomic mass is 10.1. The van der Waals surface area contributed by atoms with Crippen LogP contribution in [-0.2, 0) is 7.05 Å². The summed E-state index contributed by atoms with van der Waals surface area (Å²) >= 11 is 0. The van der Waals surface area contributed by atoms with E-state index in [1.165, 1.54) is 38.6 Å². The van der Waals surface area contributed by atoms with E-state index in [9.17, 15) is 0 Å². The van der Waals surface area contributed by atoms with Gasteiger partial charge in [0.05, 0.1) is 25.0 Å². The SMILES string of the molecule is Cn1c2ccccc2c2cc([N+](C)(C)c3ccnc4ccccc34)ccc21. The van der Waals surface area contributed by atoms with Crippen LogP contribution >= 0.6 is 0 Å². The van der Waals surface area contributed by atoms with Gasteiger partial charge in [-0.05, 0) is 24.3 Å². The van der Waals surface area contributed by atoms with Gasteiger partial charge in [0, 0.05) is 53.2 Å². The number of quaternary nitrogens is 1. The summed E-state index contributed by atoms with van der Waals surface area (Å²) in [6.45, 7) is 0. The highest BCUT2D eigenvalue weighted by Crippen LogP contribution is 2.38. The largest absolute Gasteiger partial charge is 0.344 e. The monoisotopic (exact) mass is 352 g/mol. The Morgan fingerprint density at radius 1 is 0.741 bits per heavy atom. The molecular formula is C24H22N3+. The highest BCUT2D eigenvalue weighted by atomic mass is 15.3. The third-order valence-electron chi connectivity index (χ3n) is 5.77. The number of fused-ring (bicyclic) bond motifs is 4. The molecule has 0 aliphatic carbocycles. The minimum atomic E-state index is 0.669. The topological polar surface area (TPSA) is 17.8 Å². The zero-order chi connectivity index (χ0) is 18.6. The first kappa shape index (κ1) is 16.0. The van der Waals surface area contributed by atoms with E-state index in [1.807, 2.05) is 12.3 Å². The lowest BCUT2D eigenvalue weighted by molar-refractivity contribution is 0.559. The molecule has 0 aliphatic rings. The molecule has 5 aromatic rings. The molecule has 0 fully saturated rings. The summed E-state index contributed by atoms with van der Waals surface area (Å²) < 4.78 is 2.94. The molecule has 3 nitrogen and oxygen atoms in total. The molecule has 3 heteroatoms. The summed E-state index contributed by atoms with van der Waals surface area (Å²) in [6.07, 6.45) is 1.91. The van der Waals surface area contributed by atoms with Crippen molar-refractivity contribution in [1.82, 2.24) is 14.0 Å². The molecular weight excluding hydrogens is 330 g/mol. The van der Waals surface area contributed by atoms with E-state index in [2.05, 4.69) is 97.4 Å². The first-order chi connectivity index (χ1) is 13.1. The maximum atomic E-state index is 4.53. The van der Waals surface area contributed by atoms with Crippen molar-refractivity contribution in [2.24, 2.45) is 7.05 Å². The number of hydrogen-bond donors (Lipinski definition) is 0. The first-order valence-corrected chi connectivity index (χ1v) is 9.23. The summed E-state index contributed by atoms with van der Waals surface area (Å²) in [5, 5.41) is 3.80. The van der Waals surface area contributed by atoms with Gasteiger partial charge >= 0.3 is 0 Å². The summed E-state index contributed by atoms with van der Waals surface area (Å²) in [7, 11) is 6.63. The number of hydrogen-bond acceptors (Lipinski definition) is 1. The van der Waals surface area contributed by atoms with Gasteiger partial charge in [0.2, 0.25) is 0 Å². The van der Waals surface area contributed by atoms with Crippen LogP contribution < -0.4 is 4.48 Å². The molecule has 0 spiro atoms. The van der Waals surface area contributed by atoms with Gasteiger partial charge < -0.3 is 4.57 Å². The van der Waals surface area contributed by atoms with Crippen LogP contribution in [0.25, 0.3) is 32.7 Å². The Hall–Kier alpha value is -3.17. The molecule has 132 valence electrons. The third kappa shape index (κ3) is 2.29. The fourth-order valence-corrected chi connectivity index (χ4v) is 4.21. The van der Waals surface area contributed by atoms with Gasteiger partial charge in [-0.3, -0.25) is 9.47 Å². The van der Waals surface area contributed by atoms with E-state index in [0.29, 0.717) is 4.48 Å². The molecule has 0 bridgehead atoms. The zero-order valence-corrected chi connectivity index (χ0v) is 15.8. The van der Waals surface area contributed by atoms with Crippen LogP contribution in [0.15, 0.2) is 79.0 Å². The lowest BCUT2D eigenvalue weighted by Gasteiger charge is -2.30. The van der Waals surface area contributed by atoms with Gasteiger partial charge in [-0.2, -0.15) is 0 Å². The summed E-state index contributed by atoms with van der Waals surface area (Å²) in [6, 6.07) is 25.9. The quantitative estimate of drug-likeness (QED) is 0.368. The molecule has 0 atom stereocenters. The average Bonchev–Trinajstić information content (AvgIpc) is 3.00. The van der Waals surface area contributed by atoms with Crippen LogP contribution in [0.4, 0.5) is 11.4 Å². The van der Waals surface area contributed by atoms with Gasteiger partial charge in [0.1, 0.15) is 11.4 Å². The van der Waals surface area contributed by atoms with Crippen LogP contribution in [0, 0.1) is 0 Å². The van der Waals surface area contributed by atoms with Crippen LogP contribution in [0.5, 0.6) is 0 Å². The second kappa shape index (κ2) is 5.66. The van der Waals surface area contributed by atoms with Crippen LogP contribution in [0.2, 0.25) is 0 Å². The van der Waals surface area contributed by atoms with E-state index in [4.69, 9.17) is 0 Å². The van der Waals surface area contributed by atoms with Crippen molar-refractivity contribution in [3.05, 3.63) is 79.0 Å². The summed E-state index contributed by atoms with van der Waals surface area (Å²) in [5.74, 6) is 0. The van der Waals surface area contributed by atoms with Gasteiger partial charge in [-0.25, -0.2) is 0 Å². The number of aryl methyl sites for hydroxylation is 1. The minimum absolute atomic E-state index is 0.669. The Kier molecular flexibility index (Phi) is 3.36. The van der Waals surface area contributed by atoms with E-state index < -0.39 is 0 Å². The molecule has 2 aromatic heterocycles. The van der Waals surface area contributed by atoms with Crippen molar-refractivity contribution in [3.63, 3.8) is 0 Å². The predicted octanol–water partition coefficient (Wildman–Crippen LogP) is 5.78. The molecule has 0 unspecified atom stereocenters. The van der Waals surface area contributed by atoms with Gasteiger partial charge in [-0.1, -0.05) is 30.3 Å². The number of nitrogens with zero attached hydrogens (tertiary/aromatic N) is 3. The standard InChI is InChI=1S/C24H22N3/c1-26-22-11-7-5-8-18(22)20-16-17(12-13-23(20)26)27(2,3)24-14-15-25-21-10-6-4-9-19(21)24/h4-16H,1-3H3/q+1. The van der Waals surface area contributed by atoms with E-state index in [0.717, 1.165) is 5.52 Å². The Bertz CT molecular complexity index is 1310.